The average Bonchev–Trinajstić information content (AvgIpc) is 3.97. The maximum atomic E-state index is 14.5. The lowest BCUT2D eigenvalue weighted by atomic mass is 9.89. The fourth-order valence-corrected chi connectivity index (χ4v) is 10.1. The van der Waals surface area contributed by atoms with Crippen molar-refractivity contribution in [1.29, 1.82) is 0 Å². The minimum absolute atomic E-state index is 0.0160. The largest absolute Gasteiger partial charge is 0.455 e. The quantitative estimate of drug-likeness (QED) is 0.0288. The van der Waals surface area contributed by atoms with Gasteiger partial charge in [0.2, 0.25) is 29.5 Å². The summed E-state index contributed by atoms with van der Waals surface area (Å²) in [4.78, 5) is 112. The van der Waals surface area contributed by atoms with E-state index in [1.807, 2.05) is 90.9 Å². The van der Waals surface area contributed by atoms with Crippen LogP contribution in [0.3, 0.4) is 0 Å². The second-order valence-corrected chi connectivity index (χ2v) is 20.9. The first-order chi connectivity index (χ1) is 35.0. The van der Waals surface area contributed by atoms with Gasteiger partial charge in [-0.2, -0.15) is 5.10 Å². The Morgan fingerprint density at radius 1 is 0.811 bits per heavy atom. The number of nitrogens with one attached hydrogen (secondary N) is 3. The number of unbranched alkanes of at least 4 members (excludes halogenated alkanes) is 2. The Morgan fingerprint density at radius 2 is 1.46 bits per heavy atom. The summed E-state index contributed by atoms with van der Waals surface area (Å²) in [6.45, 7) is 17.8. The van der Waals surface area contributed by atoms with Gasteiger partial charge in [0, 0.05) is 58.6 Å². The van der Waals surface area contributed by atoms with Crippen LogP contribution in [0.2, 0.25) is 0 Å². The number of likely N-dealkylation sites (tertiary alicyclic amines) is 1. The smallest absolute Gasteiger partial charge is 0.306 e. The van der Waals surface area contributed by atoms with E-state index in [0.29, 0.717) is 62.9 Å². The molecule has 0 spiro atoms. The number of methoxy groups -OCH3 is 2. The molecule has 0 aromatic heterocycles. The van der Waals surface area contributed by atoms with E-state index in [1.54, 1.807) is 44.7 Å². The third kappa shape index (κ3) is 18.1. The first-order valence-corrected chi connectivity index (χ1v) is 26.5. The van der Waals surface area contributed by atoms with Crippen LogP contribution in [0.15, 0.2) is 47.6 Å². The first kappa shape index (κ1) is 62.8. The van der Waals surface area contributed by atoms with Gasteiger partial charge in [0.05, 0.1) is 55.1 Å². The van der Waals surface area contributed by atoms with Crippen LogP contribution in [0.5, 0.6) is 0 Å². The summed E-state index contributed by atoms with van der Waals surface area (Å²) in [6, 6.07) is 6.27. The van der Waals surface area contributed by atoms with Crippen molar-refractivity contribution >= 4 is 53.0 Å². The molecule has 1 aromatic rings. The van der Waals surface area contributed by atoms with E-state index >= 15 is 0 Å². The normalized spacial score (nSPS) is 18.7. The molecule has 1 unspecified atom stereocenters. The minimum Gasteiger partial charge on any atom is -0.455 e. The Bertz CT molecular complexity index is 2070. The van der Waals surface area contributed by atoms with Crippen molar-refractivity contribution in [1.82, 2.24) is 35.7 Å². The standard InChI is InChI=1S/C55H88N8O11/c1-15-36(6)50(61(12)55(71)48(34(2)3)57-54(70)49(35(4)5)60(10)11)42(72-13)33-46(67)62-32-22-25-41(62)51(73-14)38(8)53(69)56-39(9)52(40-23-18-16-19-24-40)74-47(68)30-27-37(7)58-59-43(64)26-20-17-21-31-63-44(65)28-29-45(63)66/h16,18-19,23-24,28-29,34-36,38-39,41-42,48-52H,15,17,20-22,25-27,30-33H2,1-14H3,(H,56,69)(H,57,70)(H,59,64)/t36-,38+,39+,41-,42+,48-,49?,50-,51+,52+/m0/s1. The Morgan fingerprint density at radius 3 is 2.03 bits per heavy atom. The van der Waals surface area contributed by atoms with Crippen molar-refractivity contribution < 1.29 is 52.6 Å². The summed E-state index contributed by atoms with van der Waals surface area (Å²) in [5, 5.41) is 10.2. The van der Waals surface area contributed by atoms with Crippen molar-refractivity contribution in [3.63, 3.8) is 0 Å². The number of carbonyl (C=O) groups excluding carboxylic acids is 8. The summed E-state index contributed by atoms with van der Waals surface area (Å²) < 4.78 is 18.1. The number of hydrogen-bond acceptors (Lipinski definition) is 13. The summed E-state index contributed by atoms with van der Waals surface area (Å²) in [7, 11) is 8.47. The third-order valence-corrected chi connectivity index (χ3v) is 14.4. The van der Waals surface area contributed by atoms with Gasteiger partial charge in [-0.25, -0.2) is 5.43 Å². The minimum atomic E-state index is -0.850. The predicted molar refractivity (Wildman–Crippen MR) is 283 cm³/mol. The van der Waals surface area contributed by atoms with Crippen molar-refractivity contribution in [2.45, 2.75) is 175 Å². The van der Waals surface area contributed by atoms with Gasteiger partial charge in [0.15, 0.2) is 0 Å². The fraction of sp³-hybridized carbons (Fsp3) is 0.691. The lowest BCUT2D eigenvalue weighted by molar-refractivity contribution is -0.152. The van der Waals surface area contributed by atoms with Crippen LogP contribution in [-0.4, -0.2) is 164 Å². The molecule has 2 aliphatic rings. The molecule has 3 rings (SSSR count). The van der Waals surface area contributed by atoms with Crippen LogP contribution in [0.25, 0.3) is 0 Å². The number of imide groups is 1. The van der Waals surface area contributed by atoms with E-state index in [0.717, 1.165) is 0 Å². The summed E-state index contributed by atoms with van der Waals surface area (Å²) in [5.74, 6) is -3.50. The second kappa shape index (κ2) is 30.7. The lowest BCUT2D eigenvalue weighted by Crippen LogP contribution is -2.59. The van der Waals surface area contributed by atoms with Gasteiger partial charge in [-0.3, -0.25) is 48.2 Å². The number of carbonyl (C=O) groups is 8. The van der Waals surface area contributed by atoms with Gasteiger partial charge < -0.3 is 34.6 Å². The number of amides is 7. The number of hydrazone groups is 1. The Kier molecular flexibility index (Phi) is 26.1. The van der Waals surface area contributed by atoms with Crippen LogP contribution < -0.4 is 16.1 Å². The Balaban J connectivity index is 1.65. The summed E-state index contributed by atoms with van der Waals surface area (Å²) in [5.41, 5.74) is 3.71. The van der Waals surface area contributed by atoms with Crippen molar-refractivity contribution in [2.24, 2.45) is 28.8 Å². The first-order valence-electron chi connectivity index (χ1n) is 26.5. The van der Waals surface area contributed by atoms with Crippen molar-refractivity contribution in [3.8, 4) is 0 Å². The molecule has 19 nitrogen and oxygen atoms in total. The summed E-state index contributed by atoms with van der Waals surface area (Å²) in [6.07, 6.45) is 4.41. The molecule has 10 atom stereocenters. The molecule has 74 heavy (non-hydrogen) atoms. The van der Waals surface area contributed by atoms with E-state index in [-0.39, 0.29) is 84.8 Å². The molecule has 414 valence electrons. The van der Waals surface area contributed by atoms with Gasteiger partial charge >= 0.3 is 5.97 Å². The Hall–Kier alpha value is -5.53. The molecule has 2 heterocycles. The van der Waals surface area contributed by atoms with E-state index in [9.17, 15) is 38.4 Å². The molecule has 3 N–H and O–H groups in total. The van der Waals surface area contributed by atoms with E-state index in [4.69, 9.17) is 14.2 Å². The fourth-order valence-electron chi connectivity index (χ4n) is 10.1. The third-order valence-electron chi connectivity index (χ3n) is 14.4. The highest BCUT2D eigenvalue weighted by atomic mass is 16.5. The van der Waals surface area contributed by atoms with E-state index < -0.39 is 60.4 Å². The zero-order valence-corrected chi connectivity index (χ0v) is 46.7. The topological polar surface area (TPSA) is 226 Å². The number of rotatable bonds is 31. The van der Waals surface area contributed by atoms with Crippen LogP contribution in [0.4, 0.5) is 0 Å². The highest BCUT2D eigenvalue weighted by Crippen LogP contribution is 2.31. The molecule has 1 saturated heterocycles. The van der Waals surface area contributed by atoms with Gasteiger partial charge in [-0.15, -0.1) is 0 Å². The predicted octanol–water partition coefficient (Wildman–Crippen LogP) is 5.18. The highest BCUT2D eigenvalue weighted by Gasteiger charge is 2.43. The SMILES string of the molecule is CC[C@H](C)[C@@H]([C@@H](CC(=O)N1CCC[C@H]1[C@H](OC)[C@@H](C)C(=O)N[C@H](C)[C@@H](OC(=O)CCC(C)=NNC(=O)CCCCCN1C(=O)C=CC1=O)c1ccccc1)OC)N(C)C(=O)[C@@H](NC(=O)C(C(C)C)N(C)C)C(C)C. The van der Waals surface area contributed by atoms with Crippen LogP contribution in [-0.2, 0) is 52.6 Å². The maximum absolute atomic E-state index is 14.5. The average molecular weight is 1040 g/mol. The molecule has 1 fully saturated rings. The van der Waals surface area contributed by atoms with Gasteiger partial charge in [-0.05, 0) is 83.4 Å². The van der Waals surface area contributed by atoms with E-state index in [2.05, 4.69) is 21.2 Å². The number of nitrogens with zero attached hydrogens (tertiary/aromatic N) is 5. The molecular formula is C55H88N8O11. The van der Waals surface area contributed by atoms with Gasteiger partial charge in [0.25, 0.3) is 11.8 Å². The number of esters is 1. The summed E-state index contributed by atoms with van der Waals surface area (Å²) >= 11 is 0. The van der Waals surface area contributed by atoms with Crippen LogP contribution in [0, 0.1) is 23.7 Å². The molecule has 0 aliphatic carbocycles. The van der Waals surface area contributed by atoms with Gasteiger partial charge in [0.1, 0.15) is 12.1 Å². The number of benzene rings is 1. The maximum Gasteiger partial charge on any atom is 0.306 e. The molecule has 0 saturated carbocycles. The molecule has 0 radical (unpaired) electrons. The lowest BCUT2D eigenvalue weighted by Gasteiger charge is -2.41. The molecule has 2 aliphatic heterocycles. The number of hydrogen-bond donors (Lipinski definition) is 3. The second-order valence-electron chi connectivity index (χ2n) is 20.9. The number of ether oxygens (including phenoxy) is 3. The monoisotopic (exact) mass is 1040 g/mol. The Labute approximate surface area is 440 Å². The van der Waals surface area contributed by atoms with Crippen molar-refractivity contribution in [3.05, 3.63) is 48.0 Å². The molecule has 7 amide bonds. The van der Waals surface area contributed by atoms with Crippen molar-refractivity contribution in [2.75, 3.05) is 48.5 Å². The zero-order valence-electron chi connectivity index (χ0n) is 46.7. The number of likely N-dealkylation sites (N-methyl/N-ethyl adjacent to an activating group) is 2. The van der Waals surface area contributed by atoms with E-state index in [1.165, 1.54) is 24.2 Å². The van der Waals surface area contributed by atoms with Gasteiger partial charge in [-0.1, -0.05) is 91.6 Å². The van der Waals surface area contributed by atoms with Crippen LogP contribution >= 0.6 is 0 Å². The highest BCUT2D eigenvalue weighted by molar-refractivity contribution is 6.12. The zero-order chi connectivity index (χ0) is 55.4. The molecule has 0 bridgehead atoms. The molecular weight excluding hydrogens is 949 g/mol. The molecule has 1 aromatic carbocycles. The molecule has 19 heteroatoms. The van der Waals surface area contributed by atoms with Crippen LogP contribution in [0.1, 0.15) is 138 Å².